The van der Waals surface area contributed by atoms with Gasteiger partial charge in [-0.25, -0.2) is 0 Å². The van der Waals surface area contributed by atoms with Gasteiger partial charge in [-0.05, 0) is 64.9 Å². The van der Waals surface area contributed by atoms with Crippen molar-refractivity contribution in [1.82, 2.24) is 0 Å². The van der Waals surface area contributed by atoms with Crippen LogP contribution in [0.5, 0.6) is 5.75 Å². The summed E-state index contributed by atoms with van der Waals surface area (Å²) < 4.78 is 0. The van der Waals surface area contributed by atoms with Gasteiger partial charge < -0.3 is 5.11 Å². The number of fused-ring (bicyclic) bond motifs is 1. The minimum Gasteiger partial charge on any atom is -0.508 e. The molecule has 0 bridgehead atoms. The SMILES string of the molecule is Cc1ccc(Cc2cccc(O)c2)cc1.c1ccc(-c2cc3ccc2-3)cc1. The van der Waals surface area contributed by atoms with E-state index in [1.807, 2.05) is 12.1 Å². The first-order valence-electron chi connectivity index (χ1n) is 9.22. The molecule has 0 saturated carbocycles. The molecule has 0 heterocycles. The molecule has 2 aliphatic rings. The molecule has 0 amide bonds. The number of phenolic OH excluding ortho intramolecular Hbond substituents is 1. The van der Waals surface area contributed by atoms with Gasteiger partial charge >= 0.3 is 0 Å². The highest BCUT2D eigenvalue weighted by Gasteiger charge is 2.16. The summed E-state index contributed by atoms with van der Waals surface area (Å²) in [7, 11) is 0. The summed E-state index contributed by atoms with van der Waals surface area (Å²) in [5.74, 6) is 0.333. The van der Waals surface area contributed by atoms with E-state index in [2.05, 4.69) is 79.7 Å². The lowest BCUT2D eigenvalue weighted by Gasteiger charge is -2.20. The maximum Gasteiger partial charge on any atom is 0.115 e. The van der Waals surface area contributed by atoms with Crippen LogP contribution < -0.4 is 0 Å². The number of aromatic hydroxyl groups is 1. The lowest BCUT2D eigenvalue weighted by molar-refractivity contribution is 0.474. The molecular formula is C26H22O. The third-order valence-corrected chi connectivity index (χ3v) is 4.85. The van der Waals surface area contributed by atoms with Gasteiger partial charge in [0.2, 0.25) is 0 Å². The molecule has 0 radical (unpaired) electrons. The number of hydrogen-bond donors (Lipinski definition) is 1. The molecule has 0 unspecified atom stereocenters. The molecule has 2 aliphatic carbocycles. The van der Waals surface area contributed by atoms with E-state index in [1.165, 1.54) is 33.4 Å². The van der Waals surface area contributed by atoms with Crippen LogP contribution in [0.1, 0.15) is 16.7 Å². The standard InChI is InChI=1S/C14H14O.C12H8/c1-11-5-7-12(8-6-11)9-13-3-2-4-14(15)10-13;1-2-4-9(5-3-1)12-8-10-6-7-11(10)12/h2-8,10,15H,9H2,1H3;1-8H. The Kier molecular flexibility index (Phi) is 4.76. The molecule has 0 aromatic heterocycles. The van der Waals surface area contributed by atoms with Gasteiger partial charge in [0.1, 0.15) is 5.75 Å². The van der Waals surface area contributed by atoms with Crippen molar-refractivity contribution in [3.05, 3.63) is 114 Å². The van der Waals surface area contributed by atoms with Crippen LogP contribution >= 0.6 is 0 Å². The first-order valence-corrected chi connectivity index (χ1v) is 9.22. The third-order valence-electron chi connectivity index (χ3n) is 4.85. The molecule has 132 valence electrons. The second-order valence-electron chi connectivity index (χ2n) is 6.96. The summed E-state index contributed by atoms with van der Waals surface area (Å²) in [5, 5.41) is 9.34. The average Bonchev–Trinajstić information content (AvgIpc) is 2.67. The molecule has 5 rings (SSSR count). The van der Waals surface area contributed by atoms with Gasteiger partial charge in [-0.15, -0.1) is 0 Å². The van der Waals surface area contributed by atoms with Crippen LogP contribution in [0.25, 0.3) is 22.3 Å². The molecule has 1 N–H and O–H groups in total. The van der Waals surface area contributed by atoms with Crippen LogP contribution in [-0.2, 0) is 6.42 Å². The quantitative estimate of drug-likeness (QED) is 0.387. The van der Waals surface area contributed by atoms with Crippen molar-refractivity contribution in [2.24, 2.45) is 0 Å². The number of hydrogen-bond acceptors (Lipinski definition) is 1. The van der Waals surface area contributed by atoms with Crippen molar-refractivity contribution in [3.63, 3.8) is 0 Å². The molecule has 0 saturated heterocycles. The second kappa shape index (κ2) is 7.51. The van der Waals surface area contributed by atoms with Gasteiger partial charge in [-0.3, -0.25) is 0 Å². The van der Waals surface area contributed by atoms with Crippen LogP contribution in [0.3, 0.4) is 0 Å². The summed E-state index contributed by atoms with van der Waals surface area (Å²) in [6, 6.07) is 33.0. The maximum absolute atomic E-state index is 9.34. The van der Waals surface area contributed by atoms with Crippen LogP contribution in [-0.4, -0.2) is 5.11 Å². The zero-order valence-electron chi connectivity index (χ0n) is 15.4. The summed E-state index contributed by atoms with van der Waals surface area (Å²) >= 11 is 0. The smallest absolute Gasteiger partial charge is 0.115 e. The summed E-state index contributed by atoms with van der Waals surface area (Å²) in [4.78, 5) is 0. The highest BCUT2D eigenvalue weighted by Crippen LogP contribution is 2.42. The largest absolute Gasteiger partial charge is 0.508 e. The Morgan fingerprint density at radius 1 is 0.593 bits per heavy atom. The van der Waals surface area contributed by atoms with Gasteiger partial charge in [-0.2, -0.15) is 0 Å². The van der Waals surface area contributed by atoms with E-state index in [4.69, 9.17) is 0 Å². The Balaban J connectivity index is 0.000000136. The van der Waals surface area contributed by atoms with Gasteiger partial charge in [0, 0.05) is 0 Å². The Morgan fingerprint density at radius 3 is 1.96 bits per heavy atom. The number of rotatable bonds is 3. The number of benzene rings is 4. The van der Waals surface area contributed by atoms with Crippen molar-refractivity contribution in [1.29, 1.82) is 0 Å². The first kappa shape index (κ1) is 17.1. The van der Waals surface area contributed by atoms with E-state index in [0.717, 1.165) is 12.0 Å². The van der Waals surface area contributed by atoms with Crippen molar-refractivity contribution >= 4 is 0 Å². The zero-order valence-corrected chi connectivity index (χ0v) is 15.4. The van der Waals surface area contributed by atoms with Crippen LogP contribution in [0.4, 0.5) is 0 Å². The molecule has 0 atom stereocenters. The first-order chi connectivity index (χ1) is 13.2. The Bertz CT molecular complexity index is 1040. The molecular weight excluding hydrogens is 328 g/mol. The molecule has 1 heteroatoms. The van der Waals surface area contributed by atoms with Crippen LogP contribution in [0, 0.1) is 6.92 Å². The van der Waals surface area contributed by atoms with E-state index >= 15 is 0 Å². The maximum atomic E-state index is 9.34. The number of aryl methyl sites for hydroxylation is 1. The van der Waals surface area contributed by atoms with E-state index in [-0.39, 0.29) is 0 Å². The fourth-order valence-electron chi connectivity index (χ4n) is 3.25. The van der Waals surface area contributed by atoms with Gasteiger partial charge in [0.15, 0.2) is 0 Å². The Hall–Kier alpha value is -3.32. The van der Waals surface area contributed by atoms with Crippen molar-refractivity contribution in [2.45, 2.75) is 13.3 Å². The van der Waals surface area contributed by atoms with Crippen molar-refractivity contribution < 1.29 is 5.11 Å². The van der Waals surface area contributed by atoms with Crippen LogP contribution in [0.15, 0.2) is 97.1 Å². The van der Waals surface area contributed by atoms with E-state index < -0.39 is 0 Å². The highest BCUT2D eigenvalue weighted by molar-refractivity contribution is 5.95. The third kappa shape index (κ3) is 3.93. The molecule has 1 nitrogen and oxygen atoms in total. The molecule has 27 heavy (non-hydrogen) atoms. The average molecular weight is 350 g/mol. The van der Waals surface area contributed by atoms with E-state index in [0.29, 0.717) is 5.75 Å². The second-order valence-corrected chi connectivity index (χ2v) is 6.96. The predicted molar refractivity (Wildman–Crippen MR) is 113 cm³/mol. The molecule has 0 spiro atoms. The zero-order chi connectivity index (χ0) is 18.6. The lowest BCUT2D eigenvalue weighted by atomic mass is 9.83. The van der Waals surface area contributed by atoms with Crippen molar-refractivity contribution in [2.75, 3.05) is 0 Å². The summed E-state index contributed by atoms with van der Waals surface area (Å²) in [6.07, 6.45) is 0.870. The highest BCUT2D eigenvalue weighted by atomic mass is 16.3. The summed E-state index contributed by atoms with van der Waals surface area (Å²) in [6.45, 7) is 2.08. The monoisotopic (exact) mass is 350 g/mol. The Labute approximate surface area is 160 Å². The topological polar surface area (TPSA) is 20.2 Å². The predicted octanol–water partition coefficient (Wildman–Crippen LogP) is 6.63. The minimum absolute atomic E-state index is 0.333. The fraction of sp³-hybridized carbons (Fsp3) is 0.0769. The van der Waals surface area contributed by atoms with Crippen molar-refractivity contribution in [3.8, 4) is 28.0 Å². The normalized spacial score (nSPS) is 10.7. The lowest BCUT2D eigenvalue weighted by Crippen LogP contribution is -1.94. The van der Waals surface area contributed by atoms with Crippen LogP contribution in [0.2, 0.25) is 0 Å². The summed E-state index contributed by atoms with van der Waals surface area (Å²) in [5.41, 5.74) is 9.25. The molecule has 3 aromatic rings. The fourth-order valence-corrected chi connectivity index (χ4v) is 3.25. The Morgan fingerprint density at radius 2 is 1.37 bits per heavy atom. The number of phenols is 1. The van der Waals surface area contributed by atoms with E-state index in [1.54, 1.807) is 12.1 Å². The van der Waals surface area contributed by atoms with Gasteiger partial charge in [0.05, 0.1) is 0 Å². The van der Waals surface area contributed by atoms with Gasteiger partial charge in [0.25, 0.3) is 0 Å². The minimum atomic E-state index is 0.333. The van der Waals surface area contributed by atoms with E-state index in [9.17, 15) is 5.11 Å². The molecule has 0 aliphatic heterocycles. The molecule has 3 aromatic carbocycles. The molecule has 0 fully saturated rings. The van der Waals surface area contributed by atoms with Gasteiger partial charge in [-0.1, -0.05) is 84.4 Å².